The van der Waals surface area contributed by atoms with Gasteiger partial charge in [0.25, 0.3) is 5.91 Å². The summed E-state index contributed by atoms with van der Waals surface area (Å²) in [7, 11) is -3.76. The SMILES string of the molecule is CC[Si](CC)(CC)O[C@@H](C#C[Si](C)(C)C)[C@H]1O[C@@H](n2cnc3c(NC(=O)c4ccccc4)ncnc32)[C@@H]2OC(C)(C)O[C@@H]21. The first-order valence-corrected chi connectivity index (χ1v) is 21.2. The molecule has 1 N–H and O–H groups in total. The number of imidazole rings is 1. The van der Waals surface area contributed by atoms with Crippen molar-refractivity contribution in [2.45, 2.75) is 109 Å². The number of anilines is 1. The maximum absolute atomic E-state index is 12.9. The third-order valence-electron chi connectivity index (χ3n) is 8.16. The highest BCUT2D eigenvalue weighted by Crippen LogP contribution is 2.45. The number of amides is 1. The fourth-order valence-electron chi connectivity index (χ4n) is 5.71. The highest BCUT2D eigenvalue weighted by molar-refractivity contribution is 6.83. The van der Waals surface area contributed by atoms with E-state index in [1.165, 1.54) is 6.33 Å². The van der Waals surface area contributed by atoms with Crippen molar-refractivity contribution in [3.63, 3.8) is 0 Å². The van der Waals surface area contributed by atoms with Gasteiger partial charge in [-0.3, -0.25) is 9.36 Å². The molecule has 0 aliphatic carbocycles. The Morgan fingerprint density at radius 2 is 1.72 bits per heavy atom. The van der Waals surface area contributed by atoms with E-state index in [-0.39, 0.29) is 5.91 Å². The molecule has 0 bridgehead atoms. The molecular formula is C31H43N5O5Si2. The van der Waals surface area contributed by atoms with E-state index in [1.807, 2.05) is 36.6 Å². The second-order valence-electron chi connectivity index (χ2n) is 12.7. The molecule has 12 heteroatoms. The van der Waals surface area contributed by atoms with Gasteiger partial charge in [-0.1, -0.05) is 64.5 Å². The molecule has 1 amide bonds. The number of ether oxygens (including phenoxy) is 3. The summed E-state index contributed by atoms with van der Waals surface area (Å²) >= 11 is 0. The van der Waals surface area contributed by atoms with Crippen LogP contribution < -0.4 is 5.32 Å². The fraction of sp³-hybridized carbons (Fsp3) is 0.548. The Bertz CT molecular complexity index is 1500. The van der Waals surface area contributed by atoms with Crippen molar-refractivity contribution in [3.8, 4) is 11.5 Å². The van der Waals surface area contributed by atoms with Crippen LogP contribution in [0.25, 0.3) is 11.2 Å². The Kier molecular flexibility index (Phi) is 8.95. The Labute approximate surface area is 256 Å². The predicted molar refractivity (Wildman–Crippen MR) is 171 cm³/mol. The molecule has 0 radical (unpaired) electrons. The quantitative estimate of drug-likeness (QED) is 0.237. The molecule has 0 unspecified atom stereocenters. The van der Waals surface area contributed by atoms with Crippen molar-refractivity contribution in [2.24, 2.45) is 0 Å². The molecule has 2 aromatic heterocycles. The van der Waals surface area contributed by atoms with Crippen LogP contribution in [0, 0.1) is 11.5 Å². The van der Waals surface area contributed by atoms with E-state index in [9.17, 15) is 4.79 Å². The molecule has 2 fully saturated rings. The zero-order valence-corrected chi connectivity index (χ0v) is 28.4. The van der Waals surface area contributed by atoms with Crippen LogP contribution in [-0.4, -0.2) is 72.0 Å². The van der Waals surface area contributed by atoms with Crippen molar-refractivity contribution in [1.29, 1.82) is 0 Å². The largest absolute Gasteiger partial charge is 0.401 e. The fourth-order valence-corrected chi connectivity index (χ4v) is 9.02. The van der Waals surface area contributed by atoms with Gasteiger partial charge in [0.2, 0.25) is 0 Å². The van der Waals surface area contributed by atoms with Crippen LogP contribution in [0.1, 0.15) is 51.2 Å². The minimum atomic E-state index is -2.05. The monoisotopic (exact) mass is 621 g/mol. The lowest BCUT2D eigenvalue weighted by atomic mass is 10.1. The molecule has 5 atom stereocenters. The maximum Gasteiger partial charge on any atom is 0.256 e. The molecule has 0 spiro atoms. The van der Waals surface area contributed by atoms with Gasteiger partial charge in [-0.15, -0.1) is 5.54 Å². The molecular weight excluding hydrogens is 579 g/mol. The highest BCUT2D eigenvalue weighted by Gasteiger charge is 2.59. The number of benzene rings is 1. The van der Waals surface area contributed by atoms with Gasteiger partial charge in [-0.2, -0.15) is 0 Å². The lowest BCUT2D eigenvalue weighted by Gasteiger charge is -2.35. The molecule has 10 nitrogen and oxygen atoms in total. The summed E-state index contributed by atoms with van der Waals surface area (Å²) in [5.74, 6) is 2.74. The Balaban J connectivity index is 1.51. The topological polar surface area (TPSA) is 110 Å². The van der Waals surface area contributed by atoms with E-state index in [4.69, 9.17) is 18.6 Å². The van der Waals surface area contributed by atoms with Gasteiger partial charge in [0, 0.05) is 5.56 Å². The second kappa shape index (κ2) is 12.2. The molecule has 230 valence electrons. The van der Waals surface area contributed by atoms with Crippen LogP contribution in [0.15, 0.2) is 43.0 Å². The van der Waals surface area contributed by atoms with E-state index < -0.39 is 52.8 Å². The number of carbonyl (C=O) groups excluding carboxylic acids is 1. The average molecular weight is 622 g/mol. The number of aromatic nitrogens is 4. The first-order valence-electron chi connectivity index (χ1n) is 15.1. The number of nitrogens with one attached hydrogen (secondary N) is 1. The number of hydrogen-bond acceptors (Lipinski definition) is 8. The summed E-state index contributed by atoms with van der Waals surface area (Å²) in [6.45, 7) is 17.2. The first kappa shape index (κ1) is 31.5. The average Bonchev–Trinajstić information content (AvgIpc) is 3.64. The van der Waals surface area contributed by atoms with E-state index in [1.54, 1.807) is 18.5 Å². The lowest BCUT2D eigenvalue weighted by molar-refractivity contribution is -0.202. The second-order valence-corrected chi connectivity index (χ2v) is 22.2. The van der Waals surface area contributed by atoms with Gasteiger partial charge in [0.05, 0.1) is 6.33 Å². The highest BCUT2D eigenvalue weighted by atomic mass is 28.4. The van der Waals surface area contributed by atoms with Crippen molar-refractivity contribution in [3.05, 3.63) is 48.5 Å². The van der Waals surface area contributed by atoms with Crippen LogP contribution in [0.3, 0.4) is 0 Å². The Morgan fingerprint density at radius 3 is 2.37 bits per heavy atom. The Hall–Kier alpha value is -2.93. The van der Waals surface area contributed by atoms with Gasteiger partial charge < -0.3 is 24.0 Å². The third kappa shape index (κ3) is 6.62. The molecule has 3 aromatic rings. The minimum Gasteiger partial charge on any atom is -0.401 e. The molecule has 43 heavy (non-hydrogen) atoms. The predicted octanol–water partition coefficient (Wildman–Crippen LogP) is 5.77. The summed E-state index contributed by atoms with van der Waals surface area (Å²) in [6.07, 6.45) is 0.673. The van der Waals surface area contributed by atoms with Crippen LogP contribution >= 0.6 is 0 Å². The normalized spacial score (nSPS) is 23.9. The van der Waals surface area contributed by atoms with Gasteiger partial charge >= 0.3 is 0 Å². The van der Waals surface area contributed by atoms with Gasteiger partial charge in [0.1, 0.15) is 38.8 Å². The third-order valence-corrected chi connectivity index (χ3v) is 13.7. The van der Waals surface area contributed by atoms with Crippen molar-refractivity contribution in [2.75, 3.05) is 5.32 Å². The zero-order chi connectivity index (χ0) is 31.0. The Morgan fingerprint density at radius 1 is 1.05 bits per heavy atom. The van der Waals surface area contributed by atoms with Crippen molar-refractivity contribution in [1.82, 2.24) is 19.5 Å². The first-order chi connectivity index (χ1) is 20.4. The summed E-state index contributed by atoms with van der Waals surface area (Å²) in [4.78, 5) is 26.3. The molecule has 2 saturated heterocycles. The van der Waals surface area contributed by atoms with Crippen LogP contribution in [0.4, 0.5) is 5.82 Å². The molecule has 1 aromatic carbocycles. The van der Waals surface area contributed by atoms with Crippen LogP contribution in [0.2, 0.25) is 37.8 Å². The lowest BCUT2D eigenvalue weighted by Crippen LogP contribution is -2.47. The van der Waals surface area contributed by atoms with E-state index in [0.29, 0.717) is 22.5 Å². The number of nitrogens with zero attached hydrogens (tertiary/aromatic N) is 4. The number of fused-ring (bicyclic) bond motifs is 2. The smallest absolute Gasteiger partial charge is 0.256 e. The van der Waals surface area contributed by atoms with E-state index in [2.05, 4.69) is 72.1 Å². The maximum atomic E-state index is 12.9. The van der Waals surface area contributed by atoms with Gasteiger partial charge in [0.15, 0.2) is 37.3 Å². The summed E-state index contributed by atoms with van der Waals surface area (Å²) in [5, 5.41) is 2.87. The molecule has 2 aliphatic heterocycles. The van der Waals surface area contributed by atoms with E-state index in [0.717, 1.165) is 18.1 Å². The minimum absolute atomic E-state index is 0.280. The molecule has 5 rings (SSSR count). The summed E-state index contributed by atoms with van der Waals surface area (Å²) in [5.41, 5.74) is 5.03. The molecule has 4 heterocycles. The van der Waals surface area contributed by atoms with Crippen LogP contribution in [-0.2, 0) is 18.6 Å². The van der Waals surface area contributed by atoms with E-state index >= 15 is 0 Å². The standard InChI is InChI=1S/C31H43N5O5Si2/c1-9-43(10-2,11-3)41-22(17-18-42(6,7)8)24-25-26(40-31(4,5)39-25)30(38-24)36-20-34-23-27(32-19-33-28(23)36)35-29(37)21-15-13-12-14-16-21/h12-16,19-20,22,24-26,30H,9-11H2,1-8H3,(H,32,33,35,37)/t22-,24+,25+,26+,30+/m0/s1. The number of rotatable bonds is 9. The number of carbonyl (C=O) groups is 1. The summed E-state index contributed by atoms with van der Waals surface area (Å²) < 4.78 is 28.6. The summed E-state index contributed by atoms with van der Waals surface area (Å²) in [6, 6.07) is 12.0. The number of hydrogen-bond donors (Lipinski definition) is 1. The van der Waals surface area contributed by atoms with Crippen molar-refractivity contribution < 1.29 is 23.4 Å². The van der Waals surface area contributed by atoms with Gasteiger partial charge in [-0.25, -0.2) is 15.0 Å². The molecule has 2 aliphatic rings. The van der Waals surface area contributed by atoms with Crippen molar-refractivity contribution >= 4 is 39.3 Å². The van der Waals surface area contributed by atoms with Gasteiger partial charge in [-0.05, 0) is 44.1 Å². The zero-order valence-electron chi connectivity index (χ0n) is 26.4. The van der Waals surface area contributed by atoms with Crippen LogP contribution in [0.5, 0.6) is 0 Å². The molecule has 0 saturated carbocycles.